The Morgan fingerprint density at radius 1 is 1.31 bits per heavy atom. The number of thioether (sulfide) groups is 1. The van der Waals surface area contributed by atoms with Gasteiger partial charge >= 0.3 is 11.9 Å². The van der Waals surface area contributed by atoms with Gasteiger partial charge in [-0.1, -0.05) is 36.1 Å². The first kappa shape index (κ1) is 19.6. The Morgan fingerprint density at radius 2 is 2.04 bits per heavy atom. The summed E-state index contributed by atoms with van der Waals surface area (Å²) in [5.41, 5.74) is 0.754. The summed E-state index contributed by atoms with van der Waals surface area (Å²) in [6, 6.07) is 4.93. The summed E-state index contributed by atoms with van der Waals surface area (Å²) in [4.78, 5) is 46.1. The van der Waals surface area contributed by atoms with E-state index in [1.165, 1.54) is 12.1 Å². The lowest BCUT2D eigenvalue weighted by molar-refractivity contribution is -0.140. The van der Waals surface area contributed by atoms with Crippen LogP contribution in [0, 0.1) is 0 Å². The van der Waals surface area contributed by atoms with Crippen molar-refractivity contribution in [3.8, 4) is 0 Å². The Bertz CT molecular complexity index is 821. The van der Waals surface area contributed by atoms with Gasteiger partial charge in [0.25, 0.3) is 11.8 Å². The molecule has 8 nitrogen and oxygen atoms in total. The van der Waals surface area contributed by atoms with Gasteiger partial charge in [0, 0.05) is 12.0 Å². The van der Waals surface area contributed by atoms with E-state index in [4.69, 9.17) is 22.4 Å². The zero-order chi connectivity index (χ0) is 19.3. The standard InChI is InChI=1S/C16H14N2O6S2/c19-12(20)5-4-10(15(23)24)17-13(21)9-3-1-2-8(6-9)7-11-14(22)18-16(25)26-11/h1-3,6-7,10H,4-5H2,(H,17,21)(H,19,20)(H,23,24)(H,18,22,25)/b11-7-/t10-/m1/s1. The van der Waals surface area contributed by atoms with Crippen molar-refractivity contribution in [1.29, 1.82) is 0 Å². The molecule has 2 rings (SSSR count). The molecule has 2 amide bonds. The third-order valence-corrected chi connectivity index (χ3v) is 4.50. The topological polar surface area (TPSA) is 133 Å². The summed E-state index contributed by atoms with van der Waals surface area (Å²) in [5, 5.41) is 22.5. The van der Waals surface area contributed by atoms with E-state index < -0.39 is 23.9 Å². The van der Waals surface area contributed by atoms with Crippen molar-refractivity contribution in [3.05, 3.63) is 40.3 Å². The molecular weight excluding hydrogens is 380 g/mol. The minimum atomic E-state index is -1.31. The van der Waals surface area contributed by atoms with Crippen molar-refractivity contribution >= 4 is 58.1 Å². The molecule has 10 heteroatoms. The molecule has 1 fully saturated rings. The highest BCUT2D eigenvalue weighted by Crippen LogP contribution is 2.26. The number of carbonyl (C=O) groups is 4. The molecule has 136 valence electrons. The molecule has 1 heterocycles. The molecule has 1 atom stereocenters. The van der Waals surface area contributed by atoms with Gasteiger partial charge in [0.05, 0.1) is 4.91 Å². The van der Waals surface area contributed by atoms with Gasteiger partial charge in [-0.25, -0.2) is 4.79 Å². The Balaban J connectivity index is 2.13. The van der Waals surface area contributed by atoms with Crippen LogP contribution in [-0.2, 0) is 14.4 Å². The van der Waals surface area contributed by atoms with Gasteiger partial charge in [-0.05, 0) is 30.2 Å². The van der Waals surface area contributed by atoms with E-state index in [2.05, 4.69) is 10.6 Å². The highest BCUT2D eigenvalue weighted by Gasteiger charge is 2.23. The molecular formula is C16H14N2O6S2. The summed E-state index contributed by atoms with van der Waals surface area (Å²) in [5.74, 6) is -3.44. The van der Waals surface area contributed by atoms with Gasteiger partial charge in [0.15, 0.2) is 0 Å². The Kier molecular flexibility index (Phi) is 6.47. The number of benzene rings is 1. The van der Waals surface area contributed by atoms with Crippen LogP contribution >= 0.6 is 24.0 Å². The molecule has 0 spiro atoms. The molecule has 1 aliphatic heterocycles. The van der Waals surface area contributed by atoms with Gasteiger partial charge in [-0.2, -0.15) is 0 Å². The van der Waals surface area contributed by atoms with Crippen molar-refractivity contribution in [2.75, 3.05) is 0 Å². The fraction of sp³-hybridized carbons (Fsp3) is 0.188. The van der Waals surface area contributed by atoms with Gasteiger partial charge < -0.3 is 20.8 Å². The molecule has 0 saturated carbocycles. The number of thiocarbonyl (C=S) groups is 1. The molecule has 0 radical (unpaired) electrons. The average Bonchev–Trinajstić information content (AvgIpc) is 2.88. The number of carboxylic acid groups (broad SMARTS) is 2. The maximum atomic E-state index is 12.3. The maximum Gasteiger partial charge on any atom is 0.326 e. The molecule has 0 aliphatic carbocycles. The first-order valence-corrected chi connectivity index (χ1v) is 8.59. The maximum absolute atomic E-state index is 12.3. The van der Waals surface area contributed by atoms with Crippen molar-refractivity contribution < 1.29 is 29.4 Å². The van der Waals surface area contributed by atoms with Crippen LogP contribution in [0.25, 0.3) is 6.08 Å². The normalized spacial score (nSPS) is 16.2. The van der Waals surface area contributed by atoms with Crippen LogP contribution in [-0.4, -0.2) is 44.3 Å². The second-order valence-corrected chi connectivity index (χ2v) is 6.99. The zero-order valence-corrected chi connectivity index (χ0v) is 14.9. The minimum Gasteiger partial charge on any atom is -0.481 e. The lowest BCUT2D eigenvalue weighted by Crippen LogP contribution is -2.41. The lowest BCUT2D eigenvalue weighted by atomic mass is 10.1. The molecule has 26 heavy (non-hydrogen) atoms. The second-order valence-electron chi connectivity index (χ2n) is 5.27. The number of rotatable bonds is 7. The van der Waals surface area contributed by atoms with Crippen molar-refractivity contribution in [2.45, 2.75) is 18.9 Å². The average molecular weight is 394 g/mol. The number of hydrogen-bond donors (Lipinski definition) is 4. The summed E-state index contributed by atoms with van der Waals surface area (Å²) < 4.78 is 0.345. The second kappa shape index (κ2) is 8.59. The summed E-state index contributed by atoms with van der Waals surface area (Å²) in [6.07, 6.45) is 0.958. The molecule has 1 aliphatic rings. The van der Waals surface area contributed by atoms with Gasteiger partial charge in [-0.15, -0.1) is 0 Å². The summed E-state index contributed by atoms with van der Waals surface area (Å²) in [7, 11) is 0. The first-order valence-electron chi connectivity index (χ1n) is 7.36. The van der Waals surface area contributed by atoms with Crippen LogP contribution in [0.2, 0.25) is 0 Å². The summed E-state index contributed by atoms with van der Waals surface area (Å²) in [6.45, 7) is 0. The Labute approximate surface area is 157 Å². The lowest BCUT2D eigenvalue weighted by Gasteiger charge is -2.13. The Morgan fingerprint density at radius 3 is 2.62 bits per heavy atom. The zero-order valence-electron chi connectivity index (χ0n) is 13.2. The van der Waals surface area contributed by atoms with Gasteiger partial charge in [-0.3, -0.25) is 14.4 Å². The predicted octanol–water partition coefficient (Wildman–Crippen LogP) is 1.22. The highest BCUT2D eigenvalue weighted by atomic mass is 32.2. The number of nitrogens with one attached hydrogen (secondary N) is 2. The van der Waals surface area contributed by atoms with Crippen molar-refractivity contribution in [3.63, 3.8) is 0 Å². The van der Waals surface area contributed by atoms with Gasteiger partial charge in [0.1, 0.15) is 10.4 Å². The van der Waals surface area contributed by atoms with E-state index in [1.807, 2.05) is 0 Å². The fourth-order valence-electron chi connectivity index (χ4n) is 2.11. The van der Waals surface area contributed by atoms with E-state index >= 15 is 0 Å². The number of carboxylic acids is 2. The SMILES string of the molecule is O=C(O)CC[C@@H](NC(=O)c1cccc(/C=C2\SC(=S)NC2=O)c1)C(=O)O. The molecule has 1 aromatic rings. The molecule has 1 aromatic carbocycles. The number of amides is 2. The summed E-state index contributed by atoms with van der Waals surface area (Å²) >= 11 is 6.00. The van der Waals surface area contributed by atoms with Crippen LogP contribution in [0.3, 0.4) is 0 Å². The van der Waals surface area contributed by atoms with E-state index in [-0.39, 0.29) is 24.3 Å². The quantitative estimate of drug-likeness (QED) is 0.401. The number of hydrogen-bond acceptors (Lipinski definition) is 6. The predicted molar refractivity (Wildman–Crippen MR) is 98.5 cm³/mol. The van der Waals surface area contributed by atoms with E-state index in [9.17, 15) is 19.2 Å². The highest BCUT2D eigenvalue weighted by molar-refractivity contribution is 8.26. The number of aliphatic carboxylic acids is 2. The smallest absolute Gasteiger partial charge is 0.326 e. The Hall–Kier alpha value is -2.72. The molecule has 0 aromatic heterocycles. The van der Waals surface area contributed by atoms with Crippen LogP contribution in [0.15, 0.2) is 29.2 Å². The monoisotopic (exact) mass is 394 g/mol. The molecule has 0 unspecified atom stereocenters. The van der Waals surface area contributed by atoms with E-state index in [0.717, 1.165) is 11.8 Å². The fourth-order valence-corrected chi connectivity index (χ4v) is 3.15. The van der Waals surface area contributed by atoms with Gasteiger partial charge in [0.2, 0.25) is 0 Å². The van der Waals surface area contributed by atoms with Crippen LogP contribution in [0.4, 0.5) is 0 Å². The van der Waals surface area contributed by atoms with Crippen LogP contribution in [0.1, 0.15) is 28.8 Å². The first-order chi connectivity index (χ1) is 12.3. The third kappa shape index (κ3) is 5.39. The largest absolute Gasteiger partial charge is 0.481 e. The molecule has 0 bridgehead atoms. The van der Waals surface area contributed by atoms with Crippen LogP contribution < -0.4 is 10.6 Å². The van der Waals surface area contributed by atoms with E-state index in [0.29, 0.717) is 14.8 Å². The van der Waals surface area contributed by atoms with Crippen molar-refractivity contribution in [1.82, 2.24) is 10.6 Å². The van der Waals surface area contributed by atoms with E-state index in [1.54, 1.807) is 18.2 Å². The molecule has 1 saturated heterocycles. The third-order valence-electron chi connectivity index (χ3n) is 3.34. The minimum absolute atomic E-state index is 0.187. The molecule has 4 N–H and O–H groups in total. The van der Waals surface area contributed by atoms with Crippen LogP contribution in [0.5, 0.6) is 0 Å². The number of carbonyl (C=O) groups excluding carboxylic acids is 2. The van der Waals surface area contributed by atoms with Crippen molar-refractivity contribution in [2.24, 2.45) is 0 Å².